The molecule has 0 heterocycles. The van der Waals surface area contributed by atoms with Gasteiger partial charge in [-0.1, -0.05) is 43.7 Å². The SMILES string of the molecule is COC(=O)C(NCc1cccc(C)c1)C(C)C. The molecule has 0 radical (unpaired) electrons. The van der Waals surface area contributed by atoms with Gasteiger partial charge in [-0.25, -0.2) is 0 Å². The third kappa shape index (κ3) is 4.19. The maximum atomic E-state index is 11.6. The normalized spacial score (nSPS) is 12.5. The van der Waals surface area contributed by atoms with Gasteiger partial charge in [0.1, 0.15) is 6.04 Å². The molecule has 94 valence electrons. The highest BCUT2D eigenvalue weighted by atomic mass is 16.5. The summed E-state index contributed by atoms with van der Waals surface area (Å²) in [4.78, 5) is 11.6. The maximum absolute atomic E-state index is 11.6. The number of rotatable bonds is 5. The van der Waals surface area contributed by atoms with Crippen molar-refractivity contribution in [3.05, 3.63) is 35.4 Å². The van der Waals surface area contributed by atoms with Crippen LogP contribution >= 0.6 is 0 Å². The van der Waals surface area contributed by atoms with Gasteiger partial charge < -0.3 is 10.1 Å². The van der Waals surface area contributed by atoms with E-state index in [4.69, 9.17) is 4.74 Å². The number of benzene rings is 1. The summed E-state index contributed by atoms with van der Waals surface area (Å²) in [6, 6.07) is 8.00. The van der Waals surface area contributed by atoms with Crippen molar-refractivity contribution in [1.82, 2.24) is 5.32 Å². The fraction of sp³-hybridized carbons (Fsp3) is 0.500. The van der Waals surface area contributed by atoms with Gasteiger partial charge in [0, 0.05) is 6.54 Å². The minimum Gasteiger partial charge on any atom is -0.468 e. The molecule has 0 aromatic heterocycles. The summed E-state index contributed by atoms with van der Waals surface area (Å²) >= 11 is 0. The molecule has 0 spiro atoms. The highest BCUT2D eigenvalue weighted by molar-refractivity contribution is 5.75. The first-order valence-electron chi connectivity index (χ1n) is 5.91. The number of hydrogen-bond acceptors (Lipinski definition) is 3. The summed E-state index contributed by atoms with van der Waals surface area (Å²) < 4.78 is 4.78. The van der Waals surface area contributed by atoms with Crippen molar-refractivity contribution < 1.29 is 9.53 Å². The van der Waals surface area contributed by atoms with Crippen molar-refractivity contribution in [2.24, 2.45) is 5.92 Å². The van der Waals surface area contributed by atoms with E-state index < -0.39 is 0 Å². The molecule has 1 unspecified atom stereocenters. The number of hydrogen-bond donors (Lipinski definition) is 1. The first kappa shape index (κ1) is 13.7. The maximum Gasteiger partial charge on any atom is 0.323 e. The number of methoxy groups -OCH3 is 1. The van der Waals surface area contributed by atoms with E-state index in [0.29, 0.717) is 6.54 Å². The third-order valence-electron chi connectivity index (χ3n) is 2.73. The fourth-order valence-electron chi connectivity index (χ4n) is 1.77. The lowest BCUT2D eigenvalue weighted by Gasteiger charge is -2.19. The van der Waals surface area contributed by atoms with Crippen LogP contribution in [0.5, 0.6) is 0 Å². The van der Waals surface area contributed by atoms with Gasteiger partial charge >= 0.3 is 5.97 Å². The van der Waals surface area contributed by atoms with Crippen molar-refractivity contribution >= 4 is 5.97 Å². The second kappa shape index (κ2) is 6.40. The minimum atomic E-state index is -0.250. The summed E-state index contributed by atoms with van der Waals surface area (Å²) in [7, 11) is 1.42. The zero-order valence-corrected chi connectivity index (χ0v) is 11.0. The van der Waals surface area contributed by atoms with E-state index in [1.165, 1.54) is 18.2 Å². The number of carbonyl (C=O) groups is 1. The standard InChI is InChI=1S/C14H21NO2/c1-10(2)13(14(16)17-4)15-9-12-7-5-6-11(3)8-12/h5-8,10,13,15H,9H2,1-4H3. The lowest BCUT2D eigenvalue weighted by Crippen LogP contribution is -2.41. The summed E-state index contributed by atoms with van der Waals surface area (Å²) in [6.45, 7) is 6.75. The van der Waals surface area contributed by atoms with Crippen LogP contribution < -0.4 is 5.32 Å². The number of carbonyl (C=O) groups excluding carboxylic acids is 1. The number of ether oxygens (including phenoxy) is 1. The Morgan fingerprint density at radius 2 is 2.12 bits per heavy atom. The van der Waals surface area contributed by atoms with Crippen LogP contribution in [0.4, 0.5) is 0 Å². The summed E-state index contributed by atoms with van der Waals surface area (Å²) in [5.74, 6) is 0.0138. The van der Waals surface area contributed by atoms with E-state index in [0.717, 1.165) is 0 Å². The van der Waals surface area contributed by atoms with Crippen molar-refractivity contribution in [3.63, 3.8) is 0 Å². The highest BCUT2D eigenvalue weighted by Gasteiger charge is 2.21. The molecular weight excluding hydrogens is 214 g/mol. The van der Waals surface area contributed by atoms with Crippen LogP contribution in [0.3, 0.4) is 0 Å². The molecular formula is C14H21NO2. The van der Waals surface area contributed by atoms with Crippen molar-refractivity contribution in [1.29, 1.82) is 0 Å². The molecule has 0 aliphatic heterocycles. The predicted molar refractivity (Wildman–Crippen MR) is 68.7 cm³/mol. The van der Waals surface area contributed by atoms with Gasteiger partial charge in [0.2, 0.25) is 0 Å². The average molecular weight is 235 g/mol. The molecule has 0 saturated heterocycles. The van der Waals surface area contributed by atoms with Gasteiger partial charge in [0.15, 0.2) is 0 Å². The van der Waals surface area contributed by atoms with Gasteiger partial charge in [-0.05, 0) is 18.4 Å². The van der Waals surface area contributed by atoms with E-state index in [-0.39, 0.29) is 17.9 Å². The zero-order valence-electron chi connectivity index (χ0n) is 11.0. The van der Waals surface area contributed by atoms with E-state index in [9.17, 15) is 4.79 Å². The molecule has 0 bridgehead atoms. The van der Waals surface area contributed by atoms with Gasteiger partial charge in [0.25, 0.3) is 0 Å². The summed E-state index contributed by atoms with van der Waals surface area (Å²) in [5.41, 5.74) is 2.41. The Balaban J connectivity index is 2.61. The molecule has 0 fully saturated rings. The Hall–Kier alpha value is -1.35. The molecule has 0 aliphatic rings. The molecule has 1 aromatic rings. The van der Waals surface area contributed by atoms with Crippen LogP contribution in [-0.4, -0.2) is 19.1 Å². The fourth-order valence-corrected chi connectivity index (χ4v) is 1.77. The van der Waals surface area contributed by atoms with Crippen molar-refractivity contribution in [2.45, 2.75) is 33.4 Å². The molecule has 1 atom stereocenters. The van der Waals surface area contributed by atoms with Crippen LogP contribution in [0.25, 0.3) is 0 Å². The van der Waals surface area contributed by atoms with Crippen LogP contribution in [0.1, 0.15) is 25.0 Å². The van der Waals surface area contributed by atoms with Crippen molar-refractivity contribution in [3.8, 4) is 0 Å². The number of nitrogens with one attached hydrogen (secondary N) is 1. The minimum absolute atomic E-state index is 0.201. The Bertz CT molecular complexity index is 374. The molecule has 17 heavy (non-hydrogen) atoms. The smallest absolute Gasteiger partial charge is 0.323 e. The Morgan fingerprint density at radius 1 is 1.41 bits per heavy atom. The van der Waals surface area contributed by atoms with Gasteiger partial charge in [-0.2, -0.15) is 0 Å². The summed E-state index contributed by atoms with van der Waals surface area (Å²) in [5, 5.41) is 3.24. The number of aryl methyl sites for hydroxylation is 1. The topological polar surface area (TPSA) is 38.3 Å². The van der Waals surface area contributed by atoms with E-state index in [1.807, 2.05) is 19.9 Å². The summed E-state index contributed by atoms with van der Waals surface area (Å²) in [6.07, 6.45) is 0. The third-order valence-corrected chi connectivity index (χ3v) is 2.73. The van der Waals surface area contributed by atoms with E-state index in [2.05, 4.69) is 30.4 Å². The Kier molecular flexibility index (Phi) is 5.16. The van der Waals surface area contributed by atoms with Crippen LogP contribution in [0.2, 0.25) is 0 Å². The second-order valence-electron chi connectivity index (χ2n) is 4.61. The molecule has 1 rings (SSSR count). The Labute approximate surface area is 103 Å². The first-order valence-corrected chi connectivity index (χ1v) is 5.91. The van der Waals surface area contributed by atoms with Crippen LogP contribution in [-0.2, 0) is 16.1 Å². The van der Waals surface area contributed by atoms with E-state index in [1.54, 1.807) is 0 Å². The zero-order chi connectivity index (χ0) is 12.8. The van der Waals surface area contributed by atoms with Crippen molar-refractivity contribution in [2.75, 3.05) is 7.11 Å². The molecule has 0 aliphatic carbocycles. The van der Waals surface area contributed by atoms with E-state index >= 15 is 0 Å². The van der Waals surface area contributed by atoms with Gasteiger partial charge in [-0.15, -0.1) is 0 Å². The molecule has 3 nitrogen and oxygen atoms in total. The van der Waals surface area contributed by atoms with Gasteiger partial charge in [-0.3, -0.25) is 4.79 Å². The average Bonchev–Trinajstić information content (AvgIpc) is 2.28. The highest BCUT2D eigenvalue weighted by Crippen LogP contribution is 2.07. The molecule has 1 aromatic carbocycles. The van der Waals surface area contributed by atoms with Crippen LogP contribution in [0, 0.1) is 12.8 Å². The van der Waals surface area contributed by atoms with Crippen LogP contribution in [0.15, 0.2) is 24.3 Å². The first-order chi connectivity index (χ1) is 8.04. The molecule has 0 amide bonds. The molecule has 0 saturated carbocycles. The second-order valence-corrected chi connectivity index (χ2v) is 4.61. The lowest BCUT2D eigenvalue weighted by atomic mass is 10.0. The number of esters is 1. The largest absolute Gasteiger partial charge is 0.468 e. The van der Waals surface area contributed by atoms with Gasteiger partial charge in [0.05, 0.1) is 7.11 Å². The lowest BCUT2D eigenvalue weighted by molar-refractivity contribution is -0.144. The predicted octanol–water partition coefficient (Wildman–Crippen LogP) is 2.28. The monoisotopic (exact) mass is 235 g/mol. The quantitative estimate of drug-likeness (QED) is 0.796. The Morgan fingerprint density at radius 3 is 2.65 bits per heavy atom. The molecule has 3 heteroatoms. The molecule has 1 N–H and O–H groups in total.